The van der Waals surface area contributed by atoms with Crippen LogP contribution < -0.4 is 20.7 Å². The van der Waals surface area contributed by atoms with Gasteiger partial charge in [0, 0.05) is 41.9 Å². The second kappa shape index (κ2) is 13.8. The molecule has 1 aromatic rings. The molecule has 3 N–H and O–H groups in total. The van der Waals surface area contributed by atoms with Crippen LogP contribution in [0.1, 0.15) is 26.7 Å². The van der Waals surface area contributed by atoms with Crippen molar-refractivity contribution in [2.75, 3.05) is 30.8 Å². The number of alkyl halides is 1. The molecule has 1 aliphatic rings. The summed E-state index contributed by atoms with van der Waals surface area (Å²) in [7, 11) is 0. The monoisotopic (exact) mass is 554 g/mol. The van der Waals surface area contributed by atoms with Gasteiger partial charge in [-0.1, -0.05) is 18.1 Å². The minimum atomic E-state index is -0.970. The third-order valence-corrected chi connectivity index (χ3v) is 5.83. The Hall–Kier alpha value is -2.77. The molecule has 11 heteroatoms. The number of rotatable bonds is 9. The van der Waals surface area contributed by atoms with E-state index in [1.54, 1.807) is 36.1 Å². The van der Waals surface area contributed by atoms with Crippen molar-refractivity contribution in [3.63, 3.8) is 0 Å². The maximum atomic E-state index is 12.9. The Morgan fingerprint density at radius 2 is 1.91 bits per heavy atom. The number of halogens is 2. The first-order chi connectivity index (χ1) is 16.3. The normalized spacial score (nSPS) is 15.2. The SMILES string of the molecule is CC(=O)N[C@H](C(=O)NCC#CBr)[C@H](C)Oc1ccccc1NC(=O)C1CCN(C(=O)CCl)CC1. The fourth-order valence-electron chi connectivity index (χ4n) is 3.54. The Labute approximate surface area is 212 Å². The Morgan fingerprint density at radius 3 is 2.53 bits per heavy atom. The van der Waals surface area contributed by atoms with Gasteiger partial charge in [-0.15, -0.1) is 11.6 Å². The summed E-state index contributed by atoms with van der Waals surface area (Å²) in [5, 5.41) is 8.10. The Balaban J connectivity index is 2.06. The van der Waals surface area contributed by atoms with Crippen LogP contribution >= 0.6 is 27.5 Å². The molecule has 0 aromatic heterocycles. The van der Waals surface area contributed by atoms with Crippen LogP contribution in [0.5, 0.6) is 5.75 Å². The summed E-state index contributed by atoms with van der Waals surface area (Å²) in [5.74, 6) is 1.56. The molecule has 34 heavy (non-hydrogen) atoms. The third kappa shape index (κ3) is 8.22. The van der Waals surface area contributed by atoms with Crippen LogP contribution in [0.3, 0.4) is 0 Å². The summed E-state index contributed by atoms with van der Waals surface area (Å²) in [6.07, 6.45) is 0.329. The summed E-state index contributed by atoms with van der Waals surface area (Å²) in [5.41, 5.74) is 0.450. The number of likely N-dealkylation sites (tertiary alicyclic amines) is 1. The van der Waals surface area contributed by atoms with E-state index in [2.05, 4.69) is 42.6 Å². The van der Waals surface area contributed by atoms with Gasteiger partial charge in [-0.25, -0.2) is 0 Å². The quantitative estimate of drug-likeness (QED) is 0.318. The zero-order valence-electron chi connectivity index (χ0n) is 19.0. The lowest BCUT2D eigenvalue weighted by Crippen LogP contribution is -2.53. The van der Waals surface area contributed by atoms with E-state index in [9.17, 15) is 19.2 Å². The molecule has 1 aromatic carbocycles. The average molecular weight is 556 g/mol. The van der Waals surface area contributed by atoms with E-state index in [-0.39, 0.29) is 36.1 Å². The van der Waals surface area contributed by atoms with Crippen molar-refractivity contribution >= 4 is 56.8 Å². The number of para-hydroxylation sites is 2. The molecule has 0 unspecified atom stereocenters. The van der Waals surface area contributed by atoms with Gasteiger partial charge in [0.1, 0.15) is 23.8 Å². The average Bonchev–Trinajstić information content (AvgIpc) is 2.83. The molecule has 4 amide bonds. The highest BCUT2D eigenvalue weighted by Gasteiger charge is 2.30. The van der Waals surface area contributed by atoms with Gasteiger partial charge in [0.2, 0.25) is 23.6 Å². The second-order valence-electron chi connectivity index (χ2n) is 7.76. The van der Waals surface area contributed by atoms with Crippen LogP contribution in [-0.2, 0) is 19.2 Å². The maximum absolute atomic E-state index is 12.9. The van der Waals surface area contributed by atoms with Gasteiger partial charge >= 0.3 is 0 Å². The number of nitrogens with zero attached hydrogens (tertiary/aromatic N) is 1. The number of amides is 4. The van der Waals surface area contributed by atoms with E-state index in [1.807, 2.05) is 0 Å². The van der Waals surface area contributed by atoms with Gasteiger partial charge in [-0.3, -0.25) is 19.2 Å². The molecular weight excluding hydrogens is 528 g/mol. The van der Waals surface area contributed by atoms with E-state index in [0.717, 1.165) is 0 Å². The van der Waals surface area contributed by atoms with Crippen LogP contribution in [-0.4, -0.2) is 66.2 Å². The number of anilines is 1. The zero-order valence-corrected chi connectivity index (χ0v) is 21.4. The predicted molar refractivity (Wildman–Crippen MR) is 133 cm³/mol. The van der Waals surface area contributed by atoms with Crippen LogP contribution in [0, 0.1) is 16.7 Å². The zero-order chi connectivity index (χ0) is 25.1. The van der Waals surface area contributed by atoms with E-state index < -0.39 is 18.1 Å². The predicted octanol–water partition coefficient (Wildman–Crippen LogP) is 1.85. The van der Waals surface area contributed by atoms with Crippen molar-refractivity contribution in [1.82, 2.24) is 15.5 Å². The smallest absolute Gasteiger partial charge is 0.247 e. The Morgan fingerprint density at radius 1 is 1.24 bits per heavy atom. The molecule has 1 heterocycles. The van der Waals surface area contributed by atoms with Gasteiger partial charge < -0.3 is 25.6 Å². The third-order valence-electron chi connectivity index (χ3n) is 5.32. The fraction of sp³-hybridized carbons (Fsp3) is 0.478. The molecule has 0 saturated carbocycles. The van der Waals surface area contributed by atoms with E-state index in [1.165, 1.54) is 6.92 Å². The topological polar surface area (TPSA) is 117 Å². The summed E-state index contributed by atoms with van der Waals surface area (Å²) < 4.78 is 5.98. The lowest BCUT2D eigenvalue weighted by atomic mass is 9.95. The first-order valence-corrected chi connectivity index (χ1v) is 12.1. The van der Waals surface area contributed by atoms with Crippen LogP contribution in [0.2, 0.25) is 0 Å². The van der Waals surface area contributed by atoms with Gasteiger partial charge in [0.25, 0.3) is 0 Å². The highest BCUT2D eigenvalue weighted by molar-refractivity contribution is 9.12. The van der Waals surface area contributed by atoms with Crippen molar-refractivity contribution < 1.29 is 23.9 Å². The van der Waals surface area contributed by atoms with Crippen molar-refractivity contribution in [2.45, 2.75) is 38.8 Å². The first-order valence-electron chi connectivity index (χ1n) is 10.8. The molecule has 2 atom stereocenters. The van der Waals surface area contributed by atoms with E-state index in [0.29, 0.717) is 37.4 Å². The fourth-order valence-corrected chi connectivity index (χ4v) is 3.85. The lowest BCUT2D eigenvalue weighted by molar-refractivity contribution is -0.132. The molecule has 1 aliphatic heterocycles. The molecule has 0 bridgehead atoms. The lowest BCUT2D eigenvalue weighted by Gasteiger charge is -2.31. The first kappa shape index (κ1) is 27.5. The van der Waals surface area contributed by atoms with Gasteiger partial charge in [-0.2, -0.15) is 0 Å². The number of ether oxygens (including phenoxy) is 1. The van der Waals surface area contributed by atoms with Gasteiger partial charge in [-0.05, 0) is 36.7 Å². The molecule has 1 saturated heterocycles. The van der Waals surface area contributed by atoms with Gasteiger partial charge in [0.05, 0.1) is 12.2 Å². The standard InChI is InChI=1S/C23H28BrClN4O5/c1-15(21(27-16(2)30)23(33)26-11-5-10-24)34-19-7-4-3-6-18(19)28-22(32)17-8-12-29(13-9-17)20(31)14-25/h3-4,6-7,15,17,21H,8-9,11-14H2,1-2H3,(H,26,33)(H,27,30)(H,28,32)/t15-,21-/m0/s1. The maximum Gasteiger partial charge on any atom is 0.247 e. The number of carbonyl (C=O) groups is 4. The minimum absolute atomic E-state index is 0.0683. The van der Waals surface area contributed by atoms with Gasteiger partial charge in [0.15, 0.2) is 0 Å². The van der Waals surface area contributed by atoms with Crippen LogP contribution in [0.4, 0.5) is 5.69 Å². The number of piperidine rings is 1. The highest BCUT2D eigenvalue weighted by atomic mass is 79.9. The van der Waals surface area contributed by atoms with Crippen LogP contribution in [0.15, 0.2) is 24.3 Å². The molecule has 0 radical (unpaired) electrons. The van der Waals surface area contributed by atoms with Crippen LogP contribution in [0.25, 0.3) is 0 Å². The summed E-state index contributed by atoms with van der Waals surface area (Å²) >= 11 is 8.57. The van der Waals surface area contributed by atoms with Crippen molar-refractivity contribution in [1.29, 1.82) is 0 Å². The van der Waals surface area contributed by atoms with E-state index in [4.69, 9.17) is 16.3 Å². The van der Waals surface area contributed by atoms with Crippen molar-refractivity contribution in [3.8, 4) is 16.5 Å². The summed E-state index contributed by atoms with van der Waals surface area (Å²) in [6.45, 7) is 4.02. The molecular formula is C23H28BrClN4O5. The number of benzene rings is 1. The Bertz CT molecular complexity index is 956. The minimum Gasteiger partial charge on any atom is -0.486 e. The molecule has 0 aliphatic carbocycles. The van der Waals surface area contributed by atoms with Crippen molar-refractivity contribution in [2.24, 2.45) is 5.92 Å². The summed E-state index contributed by atoms with van der Waals surface area (Å²) in [4.78, 5) is 53.0. The second-order valence-corrected chi connectivity index (χ2v) is 8.43. The molecule has 184 valence electrons. The largest absolute Gasteiger partial charge is 0.486 e. The highest BCUT2D eigenvalue weighted by Crippen LogP contribution is 2.27. The number of hydrogen-bond donors (Lipinski definition) is 3. The van der Waals surface area contributed by atoms with E-state index >= 15 is 0 Å². The molecule has 9 nitrogen and oxygen atoms in total. The molecule has 2 rings (SSSR count). The molecule has 1 fully saturated rings. The number of hydrogen-bond acceptors (Lipinski definition) is 5. The summed E-state index contributed by atoms with van der Waals surface area (Å²) in [6, 6.07) is 5.90. The Kier molecular flexibility index (Phi) is 11.2. The molecule has 0 spiro atoms. The number of nitrogens with one attached hydrogen (secondary N) is 3. The van der Waals surface area contributed by atoms with Crippen molar-refractivity contribution in [3.05, 3.63) is 24.3 Å². The number of carbonyl (C=O) groups excluding carboxylic acids is 4.